The standard InChI is InChI=1S/C15H13NS/c1-10-5-6-12(16)9-14(10)13-4-2-3-11-7-8-17-15(11)13/h2-9H,16H2,1H3. The molecule has 3 rings (SSSR count). The third-order valence-corrected chi connectivity index (χ3v) is 3.99. The number of rotatable bonds is 1. The molecule has 84 valence electrons. The summed E-state index contributed by atoms with van der Waals surface area (Å²) in [5.74, 6) is 0. The molecule has 0 radical (unpaired) electrons. The lowest BCUT2D eigenvalue weighted by Crippen LogP contribution is -1.88. The van der Waals surface area contributed by atoms with E-state index in [4.69, 9.17) is 5.73 Å². The summed E-state index contributed by atoms with van der Waals surface area (Å²) in [6, 6.07) is 14.7. The van der Waals surface area contributed by atoms with Crippen LogP contribution in [0.4, 0.5) is 5.69 Å². The zero-order valence-corrected chi connectivity index (χ0v) is 10.4. The van der Waals surface area contributed by atoms with E-state index < -0.39 is 0 Å². The zero-order chi connectivity index (χ0) is 11.8. The molecule has 2 N–H and O–H groups in total. The number of anilines is 1. The molecular weight excluding hydrogens is 226 g/mol. The Morgan fingerprint density at radius 1 is 1.00 bits per heavy atom. The second kappa shape index (κ2) is 3.90. The lowest BCUT2D eigenvalue weighted by Gasteiger charge is -2.08. The zero-order valence-electron chi connectivity index (χ0n) is 9.60. The third kappa shape index (κ3) is 1.71. The molecule has 0 aliphatic heterocycles. The van der Waals surface area contributed by atoms with Gasteiger partial charge in [0.1, 0.15) is 0 Å². The Morgan fingerprint density at radius 2 is 1.88 bits per heavy atom. The number of nitrogen functional groups attached to an aromatic ring is 1. The van der Waals surface area contributed by atoms with Crippen LogP contribution in [0.25, 0.3) is 21.2 Å². The monoisotopic (exact) mass is 239 g/mol. The quantitative estimate of drug-likeness (QED) is 0.623. The number of thiophene rings is 1. The van der Waals surface area contributed by atoms with Crippen molar-refractivity contribution in [3.63, 3.8) is 0 Å². The molecule has 17 heavy (non-hydrogen) atoms. The maximum Gasteiger partial charge on any atom is 0.0421 e. The minimum absolute atomic E-state index is 0.819. The van der Waals surface area contributed by atoms with Crippen molar-refractivity contribution in [2.24, 2.45) is 0 Å². The largest absolute Gasteiger partial charge is 0.399 e. The van der Waals surface area contributed by atoms with Crippen molar-refractivity contribution in [3.8, 4) is 11.1 Å². The third-order valence-electron chi connectivity index (χ3n) is 3.03. The highest BCUT2D eigenvalue weighted by molar-refractivity contribution is 7.17. The first-order valence-corrected chi connectivity index (χ1v) is 6.46. The van der Waals surface area contributed by atoms with Crippen LogP contribution < -0.4 is 5.73 Å². The Morgan fingerprint density at radius 3 is 2.76 bits per heavy atom. The molecule has 3 aromatic rings. The lowest BCUT2D eigenvalue weighted by molar-refractivity contribution is 1.47. The van der Waals surface area contributed by atoms with Crippen molar-refractivity contribution in [1.82, 2.24) is 0 Å². The molecule has 0 unspecified atom stereocenters. The van der Waals surface area contributed by atoms with E-state index in [0.717, 1.165) is 5.69 Å². The molecule has 0 amide bonds. The molecule has 0 saturated heterocycles. The number of nitrogens with two attached hydrogens (primary N) is 1. The molecule has 0 fully saturated rings. The van der Waals surface area contributed by atoms with Gasteiger partial charge >= 0.3 is 0 Å². The van der Waals surface area contributed by atoms with Gasteiger partial charge < -0.3 is 5.73 Å². The molecule has 0 atom stereocenters. The predicted octanol–water partition coefficient (Wildman–Crippen LogP) is 4.46. The van der Waals surface area contributed by atoms with Crippen LogP contribution in [0.3, 0.4) is 0 Å². The molecular formula is C15H13NS. The predicted molar refractivity (Wildman–Crippen MR) is 76.4 cm³/mol. The second-order valence-electron chi connectivity index (χ2n) is 4.22. The van der Waals surface area contributed by atoms with Crippen LogP contribution in [0.15, 0.2) is 47.8 Å². The van der Waals surface area contributed by atoms with Gasteiger partial charge in [0.05, 0.1) is 0 Å². The summed E-state index contributed by atoms with van der Waals surface area (Å²) in [5, 5.41) is 3.44. The van der Waals surface area contributed by atoms with Crippen LogP contribution >= 0.6 is 11.3 Å². The smallest absolute Gasteiger partial charge is 0.0421 e. The summed E-state index contributed by atoms with van der Waals surface area (Å²) in [4.78, 5) is 0. The minimum atomic E-state index is 0.819. The number of fused-ring (bicyclic) bond motifs is 1. The average Bonchev–Trinajstić information content (AvgIpc) is 2.80. The molecule has 0 spiro atoms. The van der Waals surface area contributed by atoms with Crippen molar-refractivity contribution in [3.05, 3.63) is 53.4 Å². The molecule has 0 saturated carbocycles. The first-order chi connectivity index (χ1) is 8.25. The van der Waals surface area contributed by atoms with Gasteiger partial charge in [-0.2, -0.15) is 0 Å². The number of hydrogen-bond donors (Lipinski definition) is 1. The van der Waals surface area contributed by atoms with Crippen LogP contribution in [-0.2, 0) is 0 Å². The molecule has 1 heterocycles. The maximum atomic E-state index is 5.89. The first-order valence-electron chi connectivity index (χ1n) is 5.58. The van der Waals surface area contributed by atoms with Gasteiger partial charge in [-0.15, -0.1) is 11.3 Å². The summed E-state index contributed by atoms with van der Waals surface area (Å²) in [5.41, 5.74) is 10.5. The van der Waals surface area contributed by atoms with E-state index in [1.54, 1.807) is 11.3 Å². The van der Waals surface area contributed by atoms with Crippen molar-refractivity contribution < 1.29 is 0 Å². The second-order valence-corrected chi connectivity index (χ2v) is 5.13. The van der Waals surface area contributed by atoms with Gasteiger partial charge in [-0.25, -0.2) is 0 Å². The van der Waals surface area contributed by atoms with E-state index in [1.807, 2.05) is 6.07 Å². The van der Waals surface area contributed by atoms with Gasteiger partial charge in [0.25, 0.3) is 0 Å². The van der Waals surface area contributed by atoms with Gasteiger partial charge in [0, 0.05) is 10.4 Å². The Balaban J connectivity index is 2.34. The van der Waals surface area contributed by atoms with Gasteiger partial charge in [0.15, 0.2) is 0 Å². The summed E-state index contributed by atoms with van der Waals surface area (Å²) in [6.45, 7) is 2.13. The summed E-state index contributed by atoms with van der Waals surface area (Å²) < 4.78 is 1.33. The summed E-state index contributed by atoms with van der Waals surface area (Å²) in [6.07, 6.45) is 0. The van der Waals surface area contributed by atoms with E-state index in [0.29, 0.717) is 0 Å². The van der Waals surface area contributed by atoms with Gasteiger partial charge in [-0.1, -0.05) is 24.3 Å². The topological polar surface area (TPSA) is 26.0 Å². The maximum absolute atomic E-state index is 5.89. The molecule has 0 aliphatic carbocycles. The Hall–Kier alpha value is -1.80. The minimum Gasteiger partial charge on any atom is -0.399 e. The Labute approximate surface area is 105 Å². The van der Waals surface area contributed by atoms with Crippen LogP contribution in [-0.4, -0.2) is 0 Å². The number of hydrogen-bond acceptors (Lipinski definition) is 2. The van der Waals surface area contributed by atoms with Crippen molar-refractivity contribution >= 4 is 27.1 Å². The van der Waals surface area contributed by atoms with Gasteiger partial charge in [0.2, 0.25) is 0 Å². The Bertz CT molecular complexity index is 682. The summed E-state index contributed by atoms with van der Waals surface area (Å²) >= 11 is 1.78. The van der Waals surface area contributed by atoms with E-state index in [9.17, 15) is 0 Å². The van der Waals surface area contributed by atoms with Crippen LogP contribution in [0.1, 0.15) is 5.56 Å². The average molecular weight is 239 g/mol. The molecule has 2 aromatic carbocycles. The lowest BCUT2D eigenvalue weighted by atomic mass is 9.99. The normalized spacial score (nSPS) is 10.9. The molecule has 1 nitrogen and oxygen atoms in total. The van der Waals surface area contributed by atoms with Crippen molar-refractivity contribution in [1.29, 1.82) is 0 Å². The highest BCUT2D eigenvalue weighted by Crippen LogP contribution is 2.34. The Kier molecular flexibility index (Phi) is 2.37. The fourth-order valence-corrected chi connectivity index (χ4v) is 3.06. The van der Waals surface area contributed by atoms with Gasteiger partial charge in [-0.3, -0.25) is 0 Å². The fraction of sp³-hybridized carbons (Fsp3) is 0.0667. The first kappa shape index (κ1) is 10.4. The molecule has 2 heteroatoms. The van der Waals surface area contributed by atoms with Crippen LogP contribution in [0.5, 0.6) is 0 Å². The van der Waals surface area contributed by atoms with E-state index in [1.165, 1.54) is 26.8 Å². The SMILES string of the molecule is Cc1ccc(N)cc1-c1cccc2ccsc12. The van der Waals surface area contributed by atoms with E-state index in [-0.39, 0.29) is 0 Å². The molecule has 0 aliphatic rings. The molecule has 1 aromatic heterocycles. The van der Waals surface area contributed by atoms with Gasteiger partial charge in [-0.05, 0) is 52.6 Å². The van der Waals surface area contributed by atoms with Crippen molar-refractivity contribution in [2.75, 3.05) is 5.73 Å². The van der Waals surface area contributed by atoms with Crippen LogP contribution in [0, 0.1) is 6.92 Å². The summed E-state index contributed by atoms with van der Waals surface area (Å²) in [7, 11) is 0. The highest BCUT2D eigenvalue weighted by atomic mass is 32.1. The number of benzene rings is 2. The highest BCUT2D eigenvalue weighted by Gasteiger charge is 2.07. The van der Waals surface area contributed by atoms with Crippen molar-refractivity contribution in [2.45, 2.75) is 6.92 Å². The number of aryl methyl sites for hydroxylation is 1. The van der Waals surface area contributed by atoms with Crippen LogP contribution in [0.2, 0.25) is 0 Å². The fourth-order valence-electron chi connectivity index (χ4n) is 2.13. The molecule has 0 bridgehead atoms. The van der Waals surface area contributed by atoms with E-state index in [2.05, 4.69) is 48.7 Å². The van der Waals surface area contributed by atoms with E-state index >= 15 is 0 Å².